The zero-order valence-electron chi connectivity index (χ0n) is 17.3. The Morgan fingerprint density at radius 1 is 1.00 bits per heavy atom. The molecular weight excluding hydrogens is 405 g/mol. The van der Waals surface area contributed by atoms with E-state index < -0.39 is 5.82 Å². The minimum absolute atomic E-state index is 0.289. The number of pyridine rings is 2. The highest BCUT2D eigenvalue weighted by Crippen LogP contribution is 2.22. The van der Waals surface area contributed by atoms with Crippen LogP contribution in [0.4, 0.5) is 4.39 Å². The summed E-state index contributed by atoms with van der Waals surface area (Å²) in [6.45, 7) is 0. The Kier molecular flexibility index (Phi) is 6.10. The van der Waals surface area contributed by atoms with Crippen molar-refractivity contribution < 1.29 is 14.5 Å². The van der Waals surface area contributed by atoms with Gasteiger partial charge in [0.05, 0.1) is 30.2 Å². The summed E-state index contributed by atoms with van der Waals surface area (Å²) in [5, 5.41) is 13.7. The van der Waals surface area contributed by atoms with E-state index in [0.717, 1.165) is 16.5 Å². The molecule has 0 spiro atoms. The third kappa shape index (κ3) is 4.74. The number of hydrogen-bond acceptors (Lipinski definition) is 4. The number of nitrogens with one attached hydrogen (secondary N) is 2. The van der Waals surface area contributed by atoms with Crippen molar-refractivity contribution in [3.8, 4) is 11.3 Å². The molecule has 32 heavy (non-hydrogen) atoms. The predicted octanol–water partition coefficient (Wildman–Crippen LogP) is 3.27. The summed E-state index contributed by atoms with van der Waals surface area (Å²) in [6.07, 6.45) is 4.44. The van der Waals surface area contributed by atoms with Crippen molar-refractivity contribution in [2.45, 2.75) is 0 Å². The van der Waals surface area contributed by atoms with Gasteiger partial charge in [-0.25, -0.2) is 4.39 Å². The lowest BCUT2D eigenvalue weighted by molar-refractivity contribution is -0.580. The number of allylic oxidation sites excluding steroid dienone is 1. The molecule has 0 aliphatic rings. The largest absolute Gasteiger partial charge is 0.301 e. The van der Waals surface area contributed by atoms with Gasteiger partial charge in [-0.2, -0.15) is 0 Å². The second kappa shape index (κ2) is 9.28. The lowest BCUT2D eigenvalue weighted by Gasteiger charge is -2.08. The molecule has 0 aliphatic carbocycles. The monoisotopic (exact) mass is 426 g/mol. The number of benzene rings is 2. The Morgan fingerprint density at radius 3 is 2.53 bits per heavy atom. The van der Waals surface area contributed by atoms with Gasteiger partial charge < -0.3 is 5.32 Å². The maximum Gasteiger partial charge on any atom is 0.259 e. The van der Waals surface area contributed by atoms with Crippen molar-refractivity contribution in [2.75, 3.05) is 7.05 Å². The Labute approximate surface area is 184 Å². The van der Waals surface area contributed by atoms with Gasteiger partial charge in [0.2, 0.25) is 5.82 Å². The van der Waals surface area contributed by atoms with E-state index >= 15 is 0 Å². The van der Waals surface area contributed by atoms with Gasteiger partial charge in [-0.05, 0) is 35.9 Å². The molecule has 0 fully saturated rings. The quantitative estimate of drug-likeness (QED) is 0.413. The van der Waals surface area contributed by atoms with E-state index in [9.17, 15) is 9.18 Å². The molecule has 0 unspecified atom stereocenters. The van der Waals surface area contributed by atoms with Gasteiger partial charge in [-0.3, -0.25) is 25.5 Å². The van der Waals surface area contributed by atoms with E-state index in [0.29, 0.717) is 28.3 Å². The molecule has 158 valence electrons. The van der Waals surface area contributed by atoms with Crippen LogP contribution in [-0.2, 0) is 0 Å². The molecule has 0 atom stereocenters. The normalized spacial score (nSPS) is 11.4. The summed E-state index contributed by atoms with van der Waals surface area (Å²) in [5.74, 6) is -0.146. The number of quaternary nitrogens is 1. The number of carbonyl (C=O) groups excluding carboxylic acids is 1. The molecule has 0 radical (unpaired) electrons. The SMILES string of the molecule is C[NH2+]/C(=C\C(=N)c1ccccc1)NC(=O)c1ccc2cc(-c3ccc(F)cn3)cnc2c1. The molecule has 2 aromatic carbocycles. The van der Waals surface area contributed by atoms with Crippen LogP contribution >= 0.6 is 0 Å². The number of aromatic nitrogens is 2. The molecule has 6 nitrogen and oxygen atoms in total. The van der Waals surface area contributed by atoms with Crippen molar-refractivity contribution >= 4 is 22.5 Å². The smallest absolute Gasteiger partial charge is 0.259 e. The van der Waals surface area contributed by atoms with E-state index in [1.807, 2.05) is 42.5 Å². The second-order valence-corrected chi connectivity index (χ2v) is 7.12. The lowest BCUT2D eigenvalue weighted by Crippen LogP contribution is -2.80. The number of nitrogens with zero attached hydrogens (tertiary/aromatic N) is 2. The number of amides is 1. The highest BCUT2D eigenvalue weighted by molar-refractivity contribution is 6.07. The summed E-state index contributed by atoms with van der Waals surface area (Å²) >= 11 is 0. The Morgan fingerprint density at radius 2 is 1.81 bits per heavy atom. The topological polar surface area (TPSA) is 95.3 Å². The molecular formula is C25H21FN5O+. The fourth-order valence-electron chi connectivity index (χ4n) is 3.20. The van der Waals surface area contributed by atoms with Crippen molar-refractivity contribution in [1.29, 1.82) is 5.41 Å². The summed E-state index contributed by atoms with van der Waals surface area (Å²) in [5.41, 5.74) is 3.57. The van der Waals surface area contributed by atoms with Crippen LogP contribution in [0.1, 0.15) is 15.9 Å². The van der Waals surface area contributed by atoms with Crippen LogP contribution in [0.2, 0.25) is 0 Å². The minimum atomic E-state index is -0.394. The first-order valence-electron chi connectivity index (χ1n) is 10.0. The summed E-state index contributed by atoms with van der Waals surface area (Å²) in [6, 6.07) is 19.4. The van der Waals surface area contributed by atoms with Gasteiger partial charge in [-0.15, -0.1) is 0 Å². The minimum Gasteiger partial charge on any atom is -0.301 e. The highest BCUT2D eigenvalue weighted by Gasteiger charge is 2.12. The van der Waals surface area contributed by atoms with Crippen LogP contribution in [0, 0.1) is 11.2 Å². The fourth-order valence-corrected chi connectivity index (χ4v) is 3.20. The number of rotatable bonds is 6. The van der Waals surface area contributed by atoms with Gasteiger partial charge in [0, 0.05) is 28.8 Å². The molecule has 0 bridgehead atoms. The molecule has 4 N–H and O–H groups in total. The molecule has 1 amide bonds. The first-order chi connectivity index (χ1) is 15.5. The Hall–Kier alpha value is -4.23. The van der Waals surface area contributed by atoms with E-state index in [1.54, 1.807) is 42.8 Å². The third-order valence-corrected chi connectivity index (χ3v) is 4.92. The zero-order chi connectivity index (χ0) is 22.5. The van der Waals surface area contributed by atoms with Crippen LogP contribution in [0.15, 0.2) is 91.0 Å². The molecule has 7 heteroatoms. The van der Waals surface area contributed by atoms with Crippen LogP contribution in [-0.4, -0.2) is 28.6 Å². The Bertz CT molecular complexity index is 1320. The van der Waals surface area contributed by atoms with Crippen molar-refractivity contribution in [3.05, 3.63) is 108 Å². The first kappa shape index (κ1) is 21.0. The van der Waals surface area contributed by atoms with Crippen LogP contribution < -0.4 is 10.6 Å². The van der Waals surface area contributed by atoms with E-state index in [2.05, 4.69) is 15.3 Å². The number of carbonyl (C=O) groups is 1. The highest BCUT2D eigenvalue weighted by atomic mass is 19.1. The molecule has 0 saturated carbocycles. The zero-order valence-corrected chi connectivity index (χ0v) is 17.3. The van der Waals surface area contributed by atoms with Crippen molar-refractivity contribution in [2.24, 2.45) is 0 Å². The third-order valence-electron chi connectivity index (χ3n) is 4.92. The number of fused-ring (bicyclic) bond motifs is 1. The first-order valence-corrected chi connectivity index (χ1v) is 10.0. The summed E-state index contributed by atoms with van der Waals surface area (Å²) in [7, 11) is 1.80. The molecule has 4 rings (SSSR count). The molecule has 0 aliphatic heterocycles. The fraction of sp³-hybridized carbons (Fsp3) is 0.0400. The van der Waals surface area contributed by atoms with E-state index in [4.69, 9.17) is 5.41 Å². The summed E-state index contributed by atoms with van der Waals surface area (Å²) < 4.78 is 13.1. The van der Waals surface area contributed by atoms with E-state index in [-0.39, 0.29) is 5.91 Å². The maximum absolute atomic E-state index is 13.1. The van der Waals surface area contributed by atoms with Gasteiger partial charge in [0.25, 0.3) is 5.91 Å². The van der Waals surface area contributed by atoms with Crippen molar-refractivity contribution in [3.63, 3.8) is 0 Å². The number of halogens is 1. The second-order valence-electron chi connectivity index (χ2n) is 7.12. The van der Waals surface area contributed by atoms with Crippen LogP contribution in [0.25, 0.3) is 22.2 Å². The van der Waals surface area contributed by atoms with E-state index in [1.165, 1.54) is 12.3 Å². The molecule has 4 aromatic rings. The van der Waals surface area contributed by atoms with Crippen LogP contribution in [0.5, 0.6) is 0 Å². The van der Waals surface area contributed by atoms with Gasteiger partial charge in [-0.1, -0.05) is 36.4 Å². The van der Waals surface area contributed by atoms with Gasteiger partial charge in [0.1, 0.15) is 5.82 Å². The average molecular weight is 426 g/mol. The average Bonchev–Trinajstić information content (AvgIpc) is 2.83. The molecule has 2 heterocycles. The number of hydrogen-bond donors (Lipinski definition) is 3. The standard InChI is InChI=1S/C25H20FN5O/c1-28-24(13-21(27)16-5-3-2-4-6-16)31-25(32)18-8-7-17-11-19(14-29-23(17)12-18)22-10-9-20(26)15-30-22/h2-15,27-28H,1H3,(H,31,32)/p+1/b24-13+,27-21?. The van der Waals surface area contributed by atoms with Gasteiger partial charge in [0.15, 0.2) is 0 Å². The maximum atomic E-state index is 13.1. The van der Waals surface area contributed by atoms with Crippen LogP contribution in [0.3, 0.4) is 0 Å². The molecule has 0 saturated heterocycles. The molecule has 2 aromatic heterocycles. The Balaban J connectivity index is 1.54. The van der Waals surface area contributed by atoms with Crippen molar-refractivity contribution in [1.82, 2.24) is 15.3 Å². The number of nitrogens with two attached hydrogens (primary N) is 1. The summed E-state index contributed by atoms with van der Waals surface area (Å²) in [4.78, 5) is 21.3. The lowest BCUT2D eigenvalue weighted by atomic mass is 10.1. The predicted molar refractivity (Wildman–Crippen MR) is 122 cm³/mol. The van der Waals surface area contributed by atoms with Gasteiger partial charge >= 0.3 is 0 Å².